The van der Waals surface area contributed by atoms with Gasteiger partial charge in [0.25, 0.3) is 0 Å². The second kappa shape index (κ2) is 6.52. The zero-order valence-corrected chi connectivity index (χ0v) is 11.2. The molecule has 3 N–H and O–H groups in total. The van der Waals surface area contributed by atoms with E-state index in [0.717, 1.165) is 6.07 Å². The molecule has 0 spiro atoms. The summed E-state index contributed by atoms with van der Waals surface area (Å²) in [5.74, 6) is -0.155. The Labute approximate surface area is 117 Å². The molecule has 1 aromatic rings. The van der Waals surface area contributed by atoms with E-state index in [0.29, 0.717) is 0 Å². The molecule has 21 heavy (non-hydrogen) atoms. The lowest BCUT2D eigenvalue weighted by molar-refractivity contribution is -0.0429. The molecule has 0 fully saturated rings. The molecule has 0 aliphatic heterocycles. The number of hydrogen-bond acceptors (Lipinski definition) is 4. The monoisotopic (exact) mass is 328 g/mol. The number of sulfonamides is 1. The summed E-state index contributed by atoms with van der Waals surface area (Å²) >= 11 is 0. The second-order valence-corrected chi connectivity index (χ2v) is 5.30. The lowest BCUT2D eigenvalue weighted by Gasteiger charge is -2.14. The van der Waals surface area contributed by atoms with Gasteiger partial charge in [0.15, 0.2) is 0 Å². The first-order valence-corrected chi connectivity index (χ1v) is 6.89. The normalized spacial score (nSPS) is 11.8. The van der Waals surface area contributed by atoms with E-state index in [-0.39, 0.29) is 18.9 Å². The van der Waals surface area contributed by atoms with Gasteiger partial charge in [-0.1, -0.05) is 12.1 Å². The zero-order chi connectivity index (χ0) is 16.1. The maximum Gasteiger partial charge on any atom is 0.516 e. The van der Waals surface area contributed by atoms with E-state index in [1.54, 1.807) is 0 Å². The van der Waals surface area contributed by atoms with Crippen LogP contribution in [-0.4, -0.2) is 38.3 Å². The van der Waals surface area contributed by atoms with Gasteiger partial charge >= 0.3 is 21.6 Å². The molecular formula is C10H11F3N2O5S. The Morgan fingerprint density at radius 1 is 1.29 bits per heavy atom. The number of hydrogen-bond donors (Lipinski definition) is 3. The molecule has 1 amide bonds. The Hall–Kier alpha value is -2.17. The lowest BCUT2D eigenvalue weighted by atomic mass is 10.3. The molecule has 0 unspecified atom stereocenters. The Bertz CT molecular complexity index is 603. The second-order valence-electron chi connectivity index (χ2n) is 3.63. The van der Waals surface area contributed by atoms with Crippen LogP contribution in [0.2, 0.25) is 0 Å². The summed E-state index contributed by atoms with van der Waals surface area (Å²) in [6, 6.07) is 5.07. The highest BCUT2D eigenvalue weighted by molar-refractivity contribution is 7.93. The lowest BCUT2D eigenvalue weighted by Crippen LogP contribution is -2.30. The maximum atomic E-state index is 12.3. The van der Waals surface area contributed by atoms with Crippen molar-refractivity contribution in [1.29, 1.82) is 0 Å². The summed E-state index contributed by atoms with van der Waals surface area (Å²) in [5, 5.41) is 10.3. The van der Waals surface area contributed by atoms with Gasteiger partial charge in [-0.25, -0.2) is 4.79 Å². The van der Waals surface area contributed by atoms with Crippen LogP contribution in [0.25, 0.3) is 0 Å². The number of ether oxygens (including phenoxy) is 1. The number of halogens is 3. The van der Waals surface area contributed by atoms with Crippen LogP contribution in [0.3, 0.4) is 0 Å². The van der Waals surface area contributed by atoms with Gasteiger partial charge in [0, 0.05) is 0 Å². The van der Waals surface area contributed by atoms with Crippen LogP contribution in [0.15, 0.2) is 24.3 Å². The first-order valence-electron chi connectivity index (χ1n) is 5.41. The molecule has 0 saturated carbocycles. The van der Waals surface area contributed by atoms with E-state index in [1.165, 1.54) is 22.9 Å². The fraction of sp³-hybridized carbons (Fsp3) is 0.300. The molecule has 0 aromatic heterocycles. The predicted molar refractivity (Wildman–Crippen MR) is 66.6 cm³/mol. The van der Waals surface area contributed by atoms with Crippen molar-refractivity contribution in [3.63, 3.8) is 0 Å². The van der Waals surface area contributed by atoms with Crippen LogP contribution in [0.1, 0.15) is 0 Å². The van der Waals surface area contributed by atoms with Gasteiger partial charge < -0.3 is 15.2 Å². The number of carboxylic acid groups (broad SMARTS) is 1. The first-order chi connectivity index (χ1) is 9.63. The summed E-state index contributed by atoms with van der Waals surface area (Å²) in [6.07, 6.45) is -1.29. The SMILES string of the molecule is O=C(O)NCCOc1ccccc1NS(=O)(=O)C(F)(F)F. The van der Waals surface area contributed by atoms with E-state index >= 15 is 0 Å². The number of benzene rings is 1. The summed E-state index contributed by atoms with van der Waals surface area (Å²) in [5.41, 5.74) is -5.85. The van der Waals surface area contributed by atoms with Gasteiger partial charge in [0.2, 0.25) is 0 Å². The van der Waals surface area contributed by atoms with Crippen molar-refractivity contribution in [3.05, 3.63) is 24.3 Å². The van der Waals surface area contributed by atoms with E-state index < -0.39 is 27.3 Å². The molecule has 118 valence electrons. The minimum Gasteiger partial charge on any atom is -0.490 e. The van der Waals surface area contributed by atoms with Gasteiger partial charge in [-0.05, 0) is 12.1 Å². The molecule has 11 heteroatoms. The van der Waals surface area contributed by atoms with Crippen LogP contribution in [0.4, 0.5) is 23.7 Å². The number of amides is 1. The third-order valence-electron chi connectivity index (χ3n) is 2.07. The average molecular weight is 328 g/mol. The highest BCUT2D eigenvalue weighted by atomic mass is 32.2. The highest BCUT2D eigenvalue weighted by Gasteiger charge is 2.46. The van der Waals surface area contributed by atoms with Gasteiger partial charge in [0.05, 0.1) is 12.2 Å². The highest BCUT2D eigenvalue weighted by Crippen LogP contribution is 2.30. The van der Waals surface area contributed by atoms with Gasteiger partial charge in [0.1, 0.15) is 12.4 Å². The van der Waals surface area contributed by atoms with Crippen molar-refractivity contribution in [2.45, 2.75) is 5.51 Å². The zero-order valence-electron chi connectivity index (χ0n) is 10.3. The fourth-order valence-corrected chi connectivity index (χ4v) is 1.77. The van der Waals surface area contributed by atoms with Gasteiger partial charge in [-0.3, -0.25) is 4.72 Å². The number of alkyl halides is 3. The number of carbonyl (C=O) groups is 1. The maximum absolute atomic E-state index is 12.3. The summed E-state index contributed by atoms with van der Waals surface area (Å²) < 4.78 is 65.2. The number of rotatable bonds is 6. The average Bonchev–Trinajstić information content (AvgIpc) is 2.34. The van der Waals surface area contributed by atoms with Crippen molar-refractivity contribution in [3.8, 4) is 5.75 Å². The van der Waals surface area contributed by atoms with Crippen LogP contribution in [0.5, 0.6) is 5.75 Å². The summed E-state index contributed by atoms with van der Waals surface area (Å²) in [7, 11) is -5.56. The van der Waals surface area contributed by atoms with Crippen molar-refractivity contribution >= 4 is 21.8 Å². The molecule has 7 nitrogen and oxygen atoms in total. The van der Waals surface area contributed by atoms with Crippen molar-refractivity contribution in [2.24, 2.45) is 0 Å². The fourth-order valence-electron chi connectivity index (χ4n) is 1.20. The minimum absolute atomic E-state index is 0.115. The molecule has 0 aliphatic carbocycles. The number of para-hydroxylation sites is 2. The van der Waals surface area contributed by atoms with E-state index in [4.69, 9.17) is 9.84 Å². The van der Waals surface area contributed by atoms with E-state index in [1.807, 2.05) is 5.32 Å². The molecular weight excluding hydrogens is 317 g/mol. The van der Waals surface area contributed by atoms with Crippen LogP contribution in [0, 0.1) is 0 Å². The van der Waals surface area contributed by atoms with Gasteiger partial charge in [-0.15, -0.1) is 0 Å². The van der Waals surface area contributed by atoms with E-state index in [2.05, 4.69) is 0 Å². The van der Waals surface area contributed by atoms with Crippen molar-refractivity contribution < 1.29 is 36.2 Å². The van der Waals surface area contributed by atoms with Gasteiger partial charge in [-0.2, -0.15) is 21.6 Å². The molecule has 0 heterocycles. The molecule has 0 aliphatic rings. The molecule has 1 aromatic carbocycles. The van der Waals surface area contributed by atoms with Crippen LogP contribution < -0.4 is 14.8 Å². The van der Waals surface area contributed by atoms with Crippen molar-refractivity contribution in [1.82, 2.24) is 5.32 Å². The van der Waals surface area contributed by atoms with Crippen molar-refractivity contribution in [2.75, 3.05) is 17.9 Å². The number of nitrogens with one attached hydrogen (secondary N) is 2. The smallest absolute Gasteiger partial charge is 0.490 e. The molecule has 0 radical (unpaired) electrons. The Kier molecular flexibility index (Phi) is 5.24. The topological polar surface area (TPSA) is 105 Å². The predicted octanol–water partition coefficient (Wildman–Crippen LogP) is 1.59. The molecule has 0 bridgehead atoms. The summed E-state index contributed by atoms with van der Waals surface area (Å²) in [4.78, 5) is 10.2. The standard InChI is InChI=1S/C10H11F3N2O5S/c11-10(12,13)21(18,19)15-7-3-1-2-4-8(7)20-6-5-14-9(16)17/h1-4,14-15H,5-6H2,(H,16,17). The minimum atomic E-state index is -5.56. The Morgan fingerprint density at radius 2 is 1.90 bits per heavy atom. The van der Waals surface area contributed by atoms with E-state index in [9.17, 15) is 26.4 Å². The number of anilines is 1. The largest absolute Gasteiger partial charge is 0.516 e. The Balaban J connectivity index is 2.78. The molecule has 0 atom stereocenters. The summed E-state index contributed by atoms with van der Waals surface area (Å²) in [6.45, 7) is -0.299. The molecule has 0 saturated heterocycles. The molecule has 1 rings (SSSR count). The third-order valence-corrected chi connectivity index (χ3v) is 3.17. The quantitative estimate of drug-likeness (QED) is 0.688. The third kappa shape index (κ3) is 5.02. The first kappa shape index (κ1) is 16.9. The van der Waals surface area contributed by atoms with Crippen LogP contribution >= 0.6 is 0 Å². The Morgan fingerprint density at radius 3 is 2.48 bits per heavy atom. The van der Waals surface area contributed by atoms with Crippen LogP contribution in [-0.2, 0) is 10.0 Å².